The maximum absolute atomic E-state index is 5.57. The maximum atomic E-state index is 5.57. The molecule has 1 heterocycles. The first kappa shape index (κ1) is 18.8. The Morgan fingerprint density at radius 3 is 2.48 bits per heavy atom. The molecule has 1 atom stereocenters. The number of nitrogens with one attached hydrogen (secondary N) is 1. The van der Waals surface area contributed by atoms with Crippen molar-refractivity contribution in [1.82, 2.24) is 19.7 Å². The lowest BCUT2D eigenvalue weighted by atomic mass is 10.1. The minimum absolute atomic E-state index is 0.123. The Bertz CT molecular complexity index is 862. The lowest BCUT2D eigenvalue weighted by Gasteiger charge is -2.28. The molecule has 140 valence electrons. The van der Waals surface area contributed by atoms with Crippen molar-refractivity contribution < 1.29 is 4.74 Å². The fraction of sp³-hybridized carbons (Fsp3) is 0.250. The van der Waals surface area contributed by atoms with E-state index in [-0.39, 0.29) is 6.04 Å². The van der Waals surface area contributed by atoms with Gasteiger partial charge in [0, 0.05) is 12.7 Å². The third-order valence-electron chi connectivity index (χ3n) is 4.38. The summed E-state index contributed by atoms with van der Waals surface area (Å²) in [6, 6.07) is 16.1. The highest BCUT2D eigenvalue weighted by atomic mass is 32.1. The highest BCUT2D eigenvalue weighted by molar-refractivity contribution is 7.80. The van der Waals surface area contributed by atoms with Gasteiger partial charge in [-0.15, -0.1) is 0 Å². The molecule has 0 fully saturated rings. The first-order chi connectivity index (χ1) is 13.1. The third kappa shape index (κ3) is 4.62. The molecular formula is C20H23N5OS. The molecule has 0 bridgehead atoms. The largest absolute Gasteiger partial charge is 0.494 e. The summed E-state index contributed by atoms with van der Waals surface area (Å²) in [5.41, 5.74) is 3.07. The monoisotopic (exact) mass is 381 g/mol. The van der Waals surface area contributed by atoms with Gasteiger partial charge in [0.05, 0.1) is 18.3 Å². The van der Waals surface area contributed by atoms with Crippen LogP contribution < -0.4 is 10.1 Å². The van der Waals surface area contributed by atoms with Gasteiger partial charge < -0.3 is 15.0 Å². The van der Waals surface area contributed by atoms with Gasteiger partial charge in [-0.25, -0.2) is 9.67 Å². The van der Waals surface area contributed by atoms with E-state index in [4.69, 9.17) is 17.0 Å². The van der Waals surface area contributed by atoms with E-state index in [1.54, 1.807) is 11.0 Å². The third-order valence-corrected chi connectivity index (χ3v) is 4.77. The summed E-state index contributed by atoms with van der Waals surface area (Å²) >= 11 is 5.57. The Balaban J connectivity index is 1.63. The summed E-state index contributed by atoms with van der Waals surface area (Å²) in [5, 5.41) is 8.08. The molecule has 0 aliphatic carbocycles. The van der Waals surface area contributed by atoms with Gasteiger partial charge in [-0.2, -0.15) is 5.10 Å². The average Bonchev–Trinajstić information content (AvgIpc) is 3.23. The van der Waals surface area contributed by atoms with Crippen LogP contribution in [-0.4, -0.2) is 38.4 Å². The van der Waals surface area contributed by atoms with Crippen LogP contribution in [0, 0.1) is 0 Å². The highest BCUT2D eigenvalue weighted by Crippen LogP contribution is 2.22. The molecule has 7 heteroatoms. The van der Waals surface area contributed by atoms with E-state index in [1.165, 1.54) is 6.33 Å². The molecule has 6 nitrogen and oxygen atoms in total. The lowest BCUT2D eigenvalue weighted by molar-refractivity contribution is 0.340. The summed E-state index contributed by atoms with van der Waals surface area (Å²) in [5.74, 6) is 0.850. The molecule has 27 heavy (non-hydrogen) atoms. The number of hydrogen-bond acceptors (Lipinski definition) is 4. The van der Waals surface area contributed by atoms with Gasteiger partial charge in [-0.05, 0) is 68.0 Å². The van der Waals surface area contributed by atoms with E-state index in [9.17, 15) is 0 Å². The van der Waals surface area contributed by atoms with Crippen LogP contribution in [0.25, 0.3) is 5.69 Å². The molecule has 1 aromatic heterocycles. The average molecular weight is 382 g/mol. The molecule has 3 rings (SSSR count). The van der Waals surface area contributed by atoms with Crippen LogP contribution in [-0.2, 0) is 0 Å². The first-order valence-corrected chi connectivity index (χ1v) is 9.21. The van der Waals surface area contributed by atoms with Gasteiger partial charge in [0.25, 0.3) is 0 Å². The van der Waals surface area contributed by atoms with Gasteiger partial charge in [-0.1, -0.05) is 12.1 Å². The van der Waals surface area contributed by atoms with Crippen LogP contribution in [0.1, 0.15) is 25.5 Å². The van der Waals surface area contributed by atoms with Crippen LogP contribution in [0.3, 0.4) is 0 Å². The summed E-state index contributed by atoms with van der Waals surface area (Å²) in [4.78, 5) is 6.01. The zero-order valence-corrected chi connectivity index (χ0v) is 16.5. The zero-order valence-electron chi connectivity index (χ0n) is 15.7. The summed E-state index contributed by atoms with van der Waals surface area (Å²) in [6.07, 6.45) is 3.20. The second kappa shape index (κ2) is 8.64. The topological polar surface area (TPSA) is 55.2 Å². The Kier molecular flexibility index (Phi) is 6.03. The second-order valence-electron chi connectivity index (χ2n) is 6.11. The number of rotatable bonds is 6. The number of ether oxygens (including phenoxy) is 1. The lowest BCUT2D eigenvalue weighted by Crippen LogP contribution is -2.33. The van der Waals surface area contributed by atoms with E-state index in [0.717, 1.165) is 22.7 Å². The molecular weight excluding hydrogens is 358 g/mol. The molecule has 0 unspecified atom stereocenters. The van der Waals surface area contributed by atoms with Crippen LogP contribution in [0.4, 0.5) is 5.69 Å². The zero-order chi connectivity index (χ0) is 19.2. The van der Waals surface area contributed by atoms with Crippen molar-refractivity contribution >= 4 is 23.0 Å². The van der Waals surface area contributed by atoms with Crippen molar-refractivity contribution in [3.8, 4) is 11.4 Å². The molecule has 3 aromatic rings. The minimum atomic E-state index is 0.123. The number of anilines is 1. The van der Waals surface area contributed by atoms with Gasteiger partial charge in [-0.3, -0.25) is 0 Å². The molecule has 0 radical (unpaired) electrons. The van der Waals surface area contributed by atoms with Gasteiger partial charge >= 0.3 is 0 Å². The standard InChI is InChI=1S/C20H23N5OS/c1-4-26-19-11-7-17(8-12-19)23-20(27)24(3)15(2)16-5-9-18(10-6-16)25-14-21-13-22-25/h5-15H,4H2,1-3H3,(H,23,27)/t15-/m0/s1. The Morgan fingerprint density at radius 2 is 1.89 bits per heavy atom. The van der Waals surface area contributed by atoms with Crippen molar-refractivity contribution in [3.63, 3.8) is 0 Å². The molecule has 0 aliphatic heterocycles. The predicted octanol–water partition coefficient (Wildman–Crippen LogP) is 4.06. The van der Waals surface area contributed by atoms with Crippen LogP contribution in [0.5, 0.6) is 5.75 Å². The smallest absolute Gasteiger partial charge is 0.173 e. The number of aromatic nitrogens is 3. The van der Waals surface area contributed by atoms with Crippen molar-refractivity contribution in [2.45, 2.75) is 19.9 Å². The van der Waals surface area contributed by atoms with Crippen LogP contribution in [0.15, 0.2) is 61.2 Å². The van der Waals surface area contributed by atoms with Gasteiger partial charge in [0.2, 0.25) is 0 Å². The summed E-state index contributed by atoms with van der Waals surface area (Å²) in [7, 11) is 1.99. The normalized spacial score (nSPS) is 11.7. The number of hydrogen-bond donors (Lipinski definition) is 1. The fourth-order valence-corrected chi connectivity index (χ4v) is 2.94. The van der Waals surface area contributed by atoms with Gasteiger partial charge in [0.15, 0.2) is 5.11 Å². The van der Waals surface area contributed by atoms with E-state index >= 15 is 0 Å². The van der Waals surface area contributed by atoms with Gasteiger partial charge in [0.1, 0.15) is 18.4 Å². The van der Waals surface area contributed by atoms with Crippen molar-refractivity contribution in [2.24, 2.45) is 0 Å². The quantitative estimate of drug-likeness (QED) is 0.650. The molecule has 0 saturated heterocycles. The van der Waals surface area contributed by atoms with E-state index in [0.29, 0.717) is 11.7 Å². The van der Waals surface area contributed by atoms with Crippen LogP contribution in [0.2, 0.25) is 0 Å². The fourth-order valence-electron chi connectivity index (χ4n) is 2.66. The van der Waals surface area contributed by atoms with E-state index < -0.39 is 0 Å². The second-order valence-corrected chi connectivity index (χ2v) is 6.49. The first-order valence-electron chi connectivity index (χ1n) is 8.80. The summed E-state index contributed by atoms with van der Waals surface area (Å²) < 4.78 is 7.20. The van der Waals surface area contributed by atoms with Crippen LogP contribution >= 0.6 is 12.2 Å². The summed E-state index contributed by atoms with van der Waals surface area (Å²) in [6.45, 7) is 4.74. The molecule has 0 aliphatic rings. The van der Waals surface area contributed by atoms with E-state index in [2.05, 4.69) is 34.5 Å². The number of nitrogens with zero attached hydrogens (tertiary/aromatic N) is 4. The minimum Gasteiger partial charge on any atom is -0.494 e. The Hall–Kier alpha value is -2.93. The van der Waals surface area contributed by atoms with Crippen molar-refractivity contribution in [3.05, 3.63) is 66.7 Å². The Morgan fingerprint density at radius 1 is 1.19 bits per heavy atom. The Labute approximate surface area is 164 Å². The van der Waals surface area contributed by atoms with Crippen molar-refractivity contribution in [2.75, 3.05) is 19.0 Å². The molecule has 1 N–H and O–H groups in total. The predicted molar refractivity (Wildman–Crippen MR) is 111 cm³/mol. The number of benzene rings is 2. The van der Waals surface area contributed by atoms with E-state index in [1.807, 2.05) is 55.3 Å². The molecule has 0 amide bonds. The SMILES string of the molecule is CCOc1ccc(NC(=S)N(C)[C@@H](C)c2ccc(-n3cncn3)cc2)cc1. The van der Waals surface area contributed by atoms with Crippen molar-refractivity contribution in [1.29, 1.82) is 0 Å². The molecule has 0 saturated carbocycles. The molecule has 0 spiro atoms. The number of thiocarbonyl (C=S) groups is 1. The highest BCUT2D eigenvalue weighted by Gasteiger charge is 2.15. The maximum Gasteiger partial charge on any atom is 0.173 e. The molecule has 2 aromatic carbocycles.